The number of nitrogens with zero attached hydrogens (tertiary/aromatic N) is 2. The Bertz CT molecular complexity index is 964. The molecule has 0 aliphatic carbocycles. The van der Waals surface area contributed by atoms with Gasteiger partial charge in [-0.3, -0.25) is 29.0 Å². The van der Waals surface area contributed by atoms with Crippen LogP contribution in [0.15, 0.2) is 24.3 Å². The molecule has 3 atom stereocenters. The lowest BCUT2D eigenvalue weighted by atomic mass is 10.0. The van der Waals surface area contributed by atoms with Crippen molar-refractivity contribution < 1.29 is 39.0 Å². The average molecular weight is 460 g/mol. The number of phenolic OH excluding ortho intramolecular Hbond substituents is 1. The van der Waals surface area contributed by atoms with Crippen molar-refractivity contribution in [3.8, 4) is 5.75 Å². The Morgan fingerprint density at radius 1 is 1.15 bits per heavy atom. The third-order valence-electron chi connectivity index (χ3n) is 5.49. The van der Waals surface area contributed by atoms with Gasteiger partial charge < -0.3 is 25.6 Å². The van der Waals surface area contributed by atoms with Crippen molar-refractivity contribution in [3.05, 3.63) is 29.8 Å². The summed E-state index contributed by atoms with van der Waals surface area (Å²) in [4.78, 5) is 73.5. The zero-order valence-corrected chi connectivity index (χ0v) is 17.6. The Morgan fingerprint density at radius 3 is 2.48 bits per heavy atom. The number of carbonyl (C=O) groups is 6. The van der Waals surface area contributed by atoms with E-state index in [4.69, 9.17) is 5.11 Å². The third-order valence-corrected chi connectivity index (χ3v) is 5.49. The zero-order valence-electron chi connectivity index (χ0n) is 17.6. The molecule has 12 heteroatoms. The Balaban J connectivity index is 1.80. The van der Waals surface area contributed by atoms with E-state index in [9.17, 15) is 33.9 Å². The van der Waals surface area contributed by atoms with Crippen LogP contribution in [0, 0.1) is 0 Å². The monoisotopic (exact) mass is 460 g/mol. The first-order chi connectivity index (χ1) is 15.7. The second kappa shape index (κ2) is 10.1. The summed E-state index contributed by atoms with van der Waals surface area (Å²) in [6, 6.07) is 1.88. The highest BCUT2D eigenvalue weighted by Gasteiger charge is 2.44. The Labute approximate surface area is 188 Å². The molecule has 0 spiro atoms. The summed E-state index contributed by atoms with van der Waals surface area (Å²) in [5, 5.41) is 25.3. The van der Waals surface area contributed by atoms with Crippen LogP contribution in [0.5, 0.6) is 5.75 Å². The minimum Gasteiger partial charge on any atom is -0.508 e. The predicted molar refractivity (Wildman–Crippen MR) is 110 cm³/mol. The summed E-state index contributed by atoms with van der Waals surface area (Å²) in [5.74, 6) is -3.71. The molecule has 2 fully saturated rings. The number of carbonyl (C=O) groups excluding carboxylic acids is 5. The van der Waals surface area contributed by atoms with E-state index < -0.39 is 48.2 Å². The lowest BCUT2D eigenvalue weighted by Crippen LogP contribution is -2.64. The largest absolute Gasteiger partial charge is 0.508 e. The van der Waals surface area contributed by atoms with Crippen LogP contribution in [0.3, 0.4) is 0 Å². The molecule has 2 saturated heterocycles. The maximum absolute atomic E-state index is 13.3. The van der Waals surface area contributed by atoms with Crippen molar-refractivity contribution >= 4 is 35.9 Å². The molecule has 0 unspecified atom stereocenters. The molecule has 3 rings (SSSR count). The lowest BCUT2D eigenvalue weighted by molar-refractivity contribution is -0.176. The van der Waals surface area contributed by atoms with Gasteiger partial charge >= 0.3 is 5.97 Å². The lowest BCUT2D eigenvalue weighted by Gasteiger charge is -2.43. The molecular formula is C21H24N4O8. The van der Waals surface area contributed by atoms with E-state index >= 15 is 0 Å². The smallest absolute Gasteiger partial charge is 0.305 e. The van der Waals surface area contributed by atoms with Crippen LogP contribution in [0.1, 0.15) is 42.5 Å². The van der Waals surface area contributed by atoms with Crippen LogP contribution in [-0.2, 0) is 24.0 Å². The Kier molecular flexibility index (Phi) is 7.26. The molecule has 4 N–H and O–H groups in total. The van der Waals surface area contributed by atoms with Gasteiger partial charge in [0.1, 0.15) is 24.1 Å². The van der Waals surface area contributed by atoms with Crippen molar-refractivity contribution in [2.24, 2.45) is 0 Å². The number of aldehydes is 1. The summed E-state index contributed by atoms with van der Waals surface area (Å²) in [6.07, 6.45) is 0.278. The highest BCUT2D eigenvalue weighted by atomic mass is 16.4. The number of rotatable bonds is 7. The van der Waals surface area contributed by atoms with Gasteiger partial charge in [0, 0.05) is 18.5 Å². The number of hydrogen-bond acceptors (Lipinski definition) is 7. The minimum atomic E-state index is -1.28. The number of fused-ring (bicyclic) bond motifs is 1. The fourth-order valence-corrected chi connectivity index (χ4v) is 3.86. The molecule has 0 radical (unpaired) electrons. The van der Waals surface area contributed by atoms with Crippen molar-refractivity contribution in [2.75, 3.05) is 6.54 Å². The standard InChI is InChI=1S/C21H24N4O8/c26-11-13(10-18(29)30)22-20(32)16-2-1-9-24-17(28)8-7-15(21(33)25(16)24)23-19(31)12-3-5-14(27)6-4-12/h3-6,11,13,15-16,27H,1-2,7-10H2,(H,22,32)(H,23,31)(H,29,30)/t13-,15-,16-/m0/s1. The molecule has 2 heterocycles. The highest BCUT2D eigenvalue weighted by molar-refractivity contribution is 6.00. The summed E-state index contributed by atoms with van der Waals surface area (Å²) >= 11 is 0. The van der Waals surface area contributed by atoms with Crippen LogP contribution in [0.2, 0.25) is 0 Å². The topological polar surface area (TPSA) is 173 Å². The average Bonchev–Trinajstić information content (AvgIpc) is 2.90. The van der Waals surface area contributed by atoms with E-state index in [-0.39, 0.29) is 43.0 Å². The van der Waals surface area contributed by atoms with Crippen molar-refractivity contribution in [2.45, 2.75) is 50.2 Å². The molecule has 176 valence electrons. The van der Waals surface area contributed by atoms with E-state index in [1.807, 2.05) is 0 Å². The third kappa shape index (κ3) is 5.45. The maximum atomic E-state index is 13.3. The molecule has 33 heavy (non-hydrogen) atoms. The zero-order chi connectivity index (χ0) is 24.1. The second-order valence-corrected chi connectivity index (χ2v) is 7.82. The normalized spacial score (nSPS) is 21.5. The Hall–Kier alpha value is -3.96. The number of aromatic hydroxyl groups is 1. The molecule has 0 bridgehead atoms. The number of aliphatic carboxylic acids is 1. The maximum Gasteiger partial charge on any atom is 0.305 e. The molecule has 0 aromatic heterocycles. The van der Waals surface area contributed by atoms with Crippen LogP contribution in [0.4, 0.5) is 0 Å². The first-order valence-electron chi connectivity index (χ1n) is 10.4. The van der Waals surface area contributed by atoms with Crippen LogP contribution >= 0.6 is 0 Å². The van der Waals surface area contributed by atoms with E-state index in [0.717, 1.165) is 5.01 Å². The van der Waals surface area contributed by atoms with Gasteiger partial charge in [-0.1, -0.05) is 0 Å². The van der Waals surface area contributed by atoms with E-state index in [1.165, 1.54) is 29.3 Å². The SMILES string of the molecule is O=C[C@H](CC(=O)O)NC(=O)[C@@H]1CCCN2C(=O)CC[C@H](NC(=O)c3ccc(O)cc3)C(=O)N12. The minimum absolute atomic E-state index is 0.0266. The molecule has 1 aromatic rings. The number of hydrazine groups is 1. The number of carboxylic acids is 1. The first kappa shape index (κ1) is 23.7. The van der Waals surface area contributed by atoms with Crippen molar-refractivity contribution in [3.63, 3.8) is 0 Å². The molecule has 1 aromatic carbocycles. The number of nitrogens with one attached hydrogen (secondary N) is 2. The van der Waals surface area contributed by atoms with E-state index in [1.54, 1.807) is 0 Å². The first-order valence-corrected chi connectivity index (χ1v) is 10.4. The summed E-state index contributed by atoms with van der Waals surface area (Å²) in [5.41, 5.74) is 0.198. The number of benzene rings is 1. The number of amides is 4. The summed E-state index contributed by atoms with van der Waals surface area (Å²) in [7, 11) is 0. The van der Waals surface area contributed by atoms with Gasteiger partial charge in [0.25, 0.3) is 11.8 Å². The van der Waals surface area contributed by atoms with Gasteiger partial charge in [-0.05, 0) is 43.5 Å². The number of phenols is 1. The van der Waals surface area contributed by atoms with Gasteiger partial charge in [0.15, 0.2) is 0 Å². The van der Waals surface area contributed by atoms with Crippen molar-refractivity contribution in [1.82, 2.24) is 20.7 Å². The predicted octanol–water partition coefficient (Wildman–Crippen LogP) is -0.823. The number of carboxylic acid groups (broad SMARTS) is 1. The molecule has 2 aliphatic heterocycles. The fraction of sp³-hybridized carbons (Fsp3) is 0.429. The van der Waals surface area contributed by atoms with Crippen LogP contribution in [0.25, 0.3) is 0 Å². The van der Waals surface area contributed by atoms with E-state index in [2.05, 4.69) is 10.6 Å². The quantitative estimate of drug-likeness (QED) is 0.382. The summed E-state index contributed by atoms with van der Waals surface area (Å²) in [6.45, 7) is 0.208. The molecule has 4 amide bonds. The van der Waals surface area contributed by atoms with Crippen molar-refractivity contribution in [1.29, 1.82) is 0 Å². The fourth-order valence-electron chi connectivity index (χ4n) is 3.86. The van der Waals surface area contributed by atoms with Gasteiger partial charge in [0.2, 0.25) is 11.8 Å². The van der Waals surface area contributed by atoms with Gasteiger partial charge in [-0.25, -0.2) is 5.01 Å². The molecule has 12 nitrogen and oxygen atoms in total. The van der Waals surface area contributed by atoms with Crippen LogP contribution in [-0.4, -0.2) is 80.8 Å². The molecule has 0 saturated carbocycles. The summed E-state index contributed by atoms with van der Waals surface area (Å²) < 4.78 is 0. The Morgan fingerprint density at radius 2 is 1.85 bits per heavy atom. The van der Waals surface area contributed by atoms with Crippen LogP contribution < -0.4 is 10.6 Å². The number of hydrogen-bond donors (Lipinski definition) is 4. The molecule has 2 aliphatic rings. The molecular weight excluding hydrogens is 436 g/mol. The van der Waals surface area contributed by atoms with E-state index in [0.29, 0.717) is 12.7 Å². The second-order valence-electron chi connectivity index (χ2n) is 7.82. The van der Waals surface area contributed by atoms with Gasteiger partial charge in [0.05, 0.1) is 12.5 Å². The van der Waals surface area contributed by atoms with Gasteiger partial charge in [-0.15, -0.1) is 0 Å². The van der Waals surface area contributed by atoms with Gasteiger partial charge in [-0.2, -0.15) is 0 Å². The highest BCUT2D eigenvalue weighted by Crippen LogP contribution is 2.25.